The summed E-state index contributed by atoms with van der Waals surface area (Å²) in [5.74, 6) is -0.184. The molecule has 1 amide bonds. The number of aryl methyl sites for hydroxylation is 1. The van der Waals surface area contributed by atoms with Gasteiger partial charge in [0.25, 0.3) is 5.91 Å². The molecule has 3 aromatic rings. The Bertz CT molecular complexity index is 1220. The summed E-state index contributed by atoms with van der Waals surface area (Å²) >= 11 is 0. The zero-order valence-corrected chi connectivity index (χ0v) is 18.4. The smallest absolute Gasteiger partial charge is 0.270 e. The van der Waals surface area contributed by atoms with Gasteiger partial charge in [-0.3, -0.25) is 10.2 Å². The van der Waals surface area contributed by atoms with Crippen molar-refractivity contribution in [1.82, 2.24) is 24.4 Å². The monoisotopic (exact) mass is 452 g/mol. The number of nitrogens with zero attached hydrogens (tertiary/aromatic N) is 5. The molecular weight excluding hydrogens is 427 g/mol. The van der Waals surface area contributed by atoms with Crippen molar-refractivity contribution in [2.45, 2.75) is 45.8 Å². The Balaban J connectivity index is 1.39. The molecule has 0 bridgehead atoms. The molecule has 0 aliphatic carbocycles. The van der Waals surface area contributed by atoms with Crippen molar-refractivity contribution < 1.29 is 19.4 Å². The van der Waals surface area contributed by atoms with Crippen molar-refractivity contribution in [2.24, 2.45) is 0 Å². The summed E-state index contributed by atoms with van der Waals surface area (Å²) in [6.07, 6.45) is 3.05. The highest BCUT2D eigenvalue weighted by atomic mass is 19.1. The van der Waals surface area contributed by atoms with E-state index in [4.69, 9.17) is 0 Å². The van der Waals surface area contributed by atoms with E-state index in [0.717, 1.165) is 11.1 Å². The molecule has 1 saturated heterocycles. The Labute approximate surface area is 190 Å². The molecule has 3 unspecified atom stereocenters. The standard InChI is InChI=1S/C23H25FN6O3/c1-13-9-25-23(27-30-14(2)21(30)32)26-20(13)17-8-19-22(33)29(6-5-28(19)11-17)10-16-7-18(24)4-3-15(16)12-31/h3-4,7-9,11,14,21,31-32H,5-6,10,12H2,1-2H3,(H,25,26,27). The maximum Gasteiger partial charge on any atom is 0.270 e. The van der Waals surface area contributed by atoms with Crippen LogP contribution in [0.15, 0.2) is 36.7 Å². The molecule has 0 saturated carbocycles. The predicted molar refractivity (Wildman–Crippen MR) is 118 cm³/mol. The largest absolute Gasteiger partial charge is 0.392 e. The van der Waals surface area contributed by atoms with Crippen LogP contribution in [-0.2, 0) is 19.7 Å². The van der Waals surface area contributed by atoms with Crippen LogP contribution in [0.4, 0.5) is 10.3 Å². The second kappa shape index (κ2) is 8.22. The topological polar surface area (TPSA) is 107 Å². The molecule has 172 valence electrons. The van der Waals surface area contributed by atoms with Crippen molar-refractivity contribution in [2.75, 3.05) is 12.0 Å². The van der Waals surface area contributed by atoms with Crippen LogP contribution in [-0.4, -0.2) is 59.4 Å². The number of carbonyl (C=O) groups is 1. The number of halogens is 1. The number of hydrazine groups is 1. The molecule has 33 heavy (non-hydrogen) atoms. The number of nitrogens with one attached hydrogen (secondary N) is 1. The first-order valence-corrected chi connectivity index (χ1v) is 10.8. The molecular formula is C23H25FN6O3. The number of aliphatic hydroxyl groups is 2. The molecule has 1 fully saturated rings. The molecule has 0 radical (unpaired) electrons. The first-order valence-electron chi connectivity index (χ1n) is 10.8. The third-order valence-corrected chi connectivity index (χ3v) is 6.25. The third kappa shape index (κ3) is 3.97. The van der Waals surface area contributed by atoms with Crippen molar-refractivity contribution in [1.29, 1.82) is 0 Å². The van der Waals surface area contributed by atoms with E-state index in [-0.39, 0.29) is 25.1 Å². The minimum absolute atomic E-state index is 0.00630. The molecule has 2 aliphatic heterocycles. The quantitative estimate of drug-likeness (QED) is 0.491. The highest BCUT2D eigenvalue weighted by Gasteiger charge is 2.43. The van der Waals surface area contributed by atoms with E-state index >= 15 is 0 Å². The van der Waals surface area contributed by atoms with Crippen LogP contribution in [0.3, 0.4) is 0 Å². The number of rotatable bonds is 6. The van der Waals surface area contributed by atoms with Gasteiger partial charge in [0.15, 0.2) is 0 Å². The second-order valence-corrected chi connectivity index (χ2v) is 8.50. The second-order valence-electron chi connectivity index (χ2n) is 8.50. The molecule has 4 heterocycles. The van der Waals surface area contributed by atoms with Crippen molar-refractivity contribution >= 4 is 11.9 Å². The molecule has 5 rings (SSSR count). The van der Waals surface area contributed by atoms with Gasteiger partial charge in [0, 0.05) is 37.6 Å². The number of aliphatic hydroxyl groups excluding tert-OH is 2. The summed E-state index contributed by atoms with van der Waals surface area (Å²) in [4.78, 5) is 23.7. The van der Waals surface area contributed by atoms with Crippen molar-refractivity contribution in [3.8, 4) is 11.3 Å². The van der Waals surface area contributed by atoms with E-state index in [1.54, 1.807) is 28.2 Å². The van der Waals surface area contributed by atoms with E-state index in [1.807, 2.05) is 24.6 Å². The summed E-state index contributed by atoms with van der Waals surface area (Å²) in [5.41, 5.74) is 7.09. The first-order chi connectivity index (χ1) is 15.9. The van der Waals surface area contributed by atoms with Crippen LogP contribution >= 0.6 is 0 Å². The fourth-order valence-corrected chi connectivity index (χ4v) is 4.15. The lowest BCUT2D eigenvalue weighted by Crippen LogP contribution is -2.39. The molecule has 0 spiro atoms. The predicted octanol–water partition coefficient (Wildman–Crippen LogP) is 1.89. The lowest BCUT2D eigenvalue weighted by Gasteiger charge is -2.29. The zero-order valence-electron chi connectivity index (χ0n) is 18.4. The normalized spacial score (nSPS) is 21.8. The number of benzene rings is 1. The van der Waals surface area contributed by atoms with Gasteiger partial charge in [-0.25, -0.2) is 14.4 Å². The molecule has 3 N–H and O–H groups in total. The fraction of sp³-hybridized carbons (Fsp3) is 0.348. The summed E-state index contributed by atoms with van der Waals surface area (Å²) < 4.78 is 15.6. The summed E-state index contributed by atoms with van der Waals surface area (Å²) in [6, 6.07) is 6.01. The minimum atomic E-state index is -0.562. The number of carbonyl (C=O) groups excluding carboxylic acids is 1. The van der Waals surface area contributed by atoms with Gasteiger partial charge in [-0.1, -0.05) is 6.07 Å². The Morgan fingerprint density at radius 3 is 2.76 bits per heavy atom. The Hall–Kier alpha value is -3.34. The molecule has 9 nitrogen and oxygen atoms in total. The van der Waals surface area contributed by atoms with E-state index in [9.17, 15) is 19.4 Å². The van der Waals surface area contributed by atoms with E-state index in [2.05, 4.69) is 15.4 Å². The molecule has 1 aromatic carbocycles. The van der Waals surface area contributed by atoms with E-state index < -0.39 is 12.0 Å². The van der Waals surface area contributed by atoms with Gasteiger partial charge in [0.2, 0.25) is 5.95 Å². The number of amides is 1. The van der Waals surface area contributed by atoms with Gasteiger partial charge >= 0.3 is 0 Å². The maximum atomic E-state index is 13.7. The SMILES string of the molecule is Cc1cnc(NN2C(C)C2O)nc1-c1cc2n(c1)CCN(Cc1cc(F)ccc1CO)C2=O. The summed E-state index contributed by atoms with van der Waals surface area (Å²) in [5, 5.41) is 21.0. The third-order valence-electron chi connectivity index (χ3n) is 6.25. The van der Waals surface area contributed by atoms with Gasteiger partial charge in [-0.2, -0.15) is 5.01 Å². The van der Waals surface area contributed by atoms with Crippen LogP contribution in [0.1, 0.15) is 34.1 Å². The zero-order chi connectivity index (χ0) is 23.3. The van der Waals surface area contributed by atoms with E-state index in [0.29, 0.717) is 41.6 Å². The van der Waals surface area contributed by atoms with Crippen molar-refractivity contribution in [3.63, 3.8) is 0 Å². The highest BCUT2D eigenvalue weighted by molar-refractivity contribution is 5.95. The number of hydrogen-bond acceptors (Lipinski definition) is 7. The van der Waals surface area contributed by atoms with Crippen LogP contribution in [0.25, 0.3) is 11.3 Å². The van der Waals surface area contributed by atoms with Gasteiger partial charge in [0.05, 0.1) is 18.3 Å². The fourth-order valence-electron chi connectivity index (χ4n) is 4.15. The molecule has 10 heteroatoms. The first kappa shape index (κ1) is 21.5. The summed E-state index contributed by atoms with van der Waals surface area (Å²) in [6.45, 7) is 4.87. The number of hydrogen-bond donors (Lipinski definition) is 3. The van der Waals surface area contributed by atoms with E-state index in [1.165, 1.54) is 12.1 Å². The number of anilines is 1. The average molecular weight is 452 g/mol. The lowest BCUT2D eigenvalue weighted by molar-refractivity contribution is 0.0689. The summed E-state index contributed by atoms with van der Waals surface area (Å²) in [7, 11) is 0. The van der Waals surface area contributed by atoms with Gasteiger partial charge in [0.1, 0.15) is 17.7 Å². The Morgan fingerprint density at radius 1 is 1.24 bits per heavy atom. The van der Waals surface area contributed by atoms with Gasteiger partial charge < -0.3 is 19.7 Å². The number of aromatic nitrogens is 3. The number of fused-ring (bicyclic) bond motifs is 1. The van der Waals surface area contributed by atoms with Gasteiger partial charge in [-0.05, 0) is 48.7 Å². The maximum absolute atomic E-state index is 13.7. The average Bonchev–Trinajstić information content (AvgIpc) is 3.17. The Morgan fingerprint density at radius 2 is 2.03 bits per heavy atom. The van der Waals surface area contributed by atoms with Crippen LogP contribution < -0.4 is 5.43 Å². The van der Waals surface area contributed by atoms with Crippen molar-refractivity contribution in [3.05, 3.63) is 64.9 Å². The van der Waals surface area contributed by atoms with Gasteiger partial charge in [-0.15, -0.1) is 0 Å². The Kier molecular flexibility index (Phi) is 5.35. The van der Waals surface area contributed by atoms with Crippen LogP contribution in [0, 0.1) is 12.7 Å². The molecule has 2 aliphatic rings. The highest BCUT2D eigenvalue weighted by Crippen LogP contribution is 2.29. The molecule has 2 aromatic heterocycles. The van der Waals surface area contributed by atoms with Crippen LogP contribution in [0.2, 0.25) is 0 Å². The lowest BCUT2D eigenvalue weighted by atomic mass is 10.1. The van der Waals surface area contributed by atoms with Crippen LogP contribution in [0.5, 0.6) is 0 Å². The molecule has 3 atom stereocenters. The minimum Gasteiger partial charge on any atom is -0.392 e.